The van der Waals surface area contributed by atoms with Crippen LogP contribution in [0.4, 0.5) is 5.69 Å². The number of anilines is 1. The molecule has 0 fully saturated rings. The molecule has 1 aliphatic heterocycles. The van der Waals surface area contributed by atoms with Crippen molar-refractivity contribution in [2.24, 2.45) is 5.92 Å². The Morgan fingerprint density at radius 2 is 1.95 bits per heavy atom. The normalized spacial score (nSPS) is 12.8. The van der Waals surface area contributed by atoms with Crippen LogP contribution in [-0.2, 0) is 12.8 Å². The zero-order valence-corrected chi connectivity index (χ0v) is 12.4. The van der Waals surface area contributed by atoms with Crippen LogP contribution in [0.15, 0.2) is 30.3 Å². The maximum atomic E-state index is 6.36. The van der Waals surface area contributed by atoms with Crippen LogP contribution >= 0.6 is 0 Å². The number of fused-ring (bicyclic) bond motifs is 2. The topological polar surface area (TPSA) is 35.2 Å². The highest BCUT2D eigenvalue weighted by molar-refractivity contribution is 5.66. The fourth-order valence-corrected chi connectivity index (χ4v) is 2.87. The summed E-state index contributed by atoms with van der Waals surface area (Å²) < 4.78 is 6.06. The molecule has 1 heterocycles. The molecule has 0 radical (unpaired) electrons. The minimum Gasteiger partial charge on any atom is -0.457 e. The summed E-state index contributed by atoms with van der Waals surface area (Å²) in [7, 11) is 0. The van der Waals surface area contributed by atoms with Gasteiger partial charge >= 0.3 is 0 Å². The number of hydrogen-bond donors (Lipinski definition) is 1. The third-order valence-corrected chi connectivity index (χ3v) is 4.00. The van der Waals surface area contributed by atoms with E-state index in [4.69, 9.17) is 10.5 Å². The quantitative estimate of drug-likeness (QED) is 0.695. The Bertz CT molecular complexity index is 659. The molecular weight excluding hydrogens is 246 g/mol. The minimum absolute atomic E-state index is 0.613. The zero-order valence-electron chi connectivity index (χ0n) is 12.4. The Balaban J connectivity index is 2.07. The smallest absolute Gasteiger partial charge is 0.133 e. The molecule has 0 bridgehead atoms. The molecule has 0 saturated carbocycles. The van der Waals surface area contributed by atoms with E-state index in [1.54, 1.807) is 0 Å². The summed E-state index contributed by atoms with van der Waals surface area (Å²) in [6, 6.07) is 10.4. The first kappa shape index (κ1) is 13.0. The number of nitrogen functional groups attached to an aromatic ring is 1. The van der Waals surface area contributed by atoms with Gasteiger partial charge in [-0.1, -0.05) is 32.0 Å². The van der Waals surface area contributed by atoms with Gasteiger partial charge in [-0.2, -0.15) is 0 Å². The number of rotatable bonds is 2. The van der Waals surface area contributed by atoms with Gasteiger partial charge in [-0.25, -0.2) is 0 Å². The van der Waals surface area contributed by atoms with Crippen LogP contribution in [0.3, 0.4) is 0 Å². The van der Waals surface area contributed by atoms with Crippen molar-refractivity contribution in [2.75, 3.05) is 5.73 Å². The zero-order chi connectivity index (χ0) is 14.3. The number of ether oxygens (including phenoxy) is 1. The van der Waals surface area contributed by atoms with Crippen LogP contribution in [0.1, 0.15) is 36.1 Å². The largest absolute Gasteiger partial charge is 0.457 e. The first-order valence-corrected chi connectivity index (χ1v) is 7.23. The van der Waals surface area contributed by atoms with Crippen molar-refractivity contribution in [3.63, 3.8) is 0 Å². The molecule has 0 aliphatic carbocycles. The first-order valence-electron chi connectivity index (χ1n) is 7.23. The molecule has 2 nitrogen and oxygen atoms in total. The molecule has 2 aromatic carbocycles. The molecule has 0 aromatic heterocycles. The number of para-hydroxylation sites is 1. The molecule has 2 aromatic rings. The molecule has 0 saturated heterocycles. The lowest BCUT2D eigenvalue weighted by atomic mass is 9.91. The van der Waals surface area contributed by atoms with Crippen molar-refractivity contribution in [3.05, 3.63) is 52.6 Å². The van der Waals surface area contributed by atoms with Crippen molar-refractivity contribution in [1.82, 2.24) is 0 Å². The minimum atomic E-state index is 0.613. The molecule has 0 atom stereocenters. The van der Waals surface area contributed by atoms with Gasteiger partial charge in [0.25, 0.3) is 0 Å². The van der Waals surface area contributed by atoms with E-state index in [0.717, 1.165) is 35.6 Å². The Hall–Kier alpha value is -1.96. The average molecular weight is 267 g/mol. The summed E-state index contributed by atoms with van der Waals surface area (Å²) in [5.41, 5.74) is 12.1. The highest BCUT2D eigenvalue weighted by Crippen LogP contribution is 2.41. The number of benzene rings is 2. The molecule has 2 heteroatoms. The van der Waals surface area contributed by atoms with E-state index < -0.39 is 0 Å². The van der Waals surface area contributed by atoms with E-state index in [9.17, 15) is 0 Å². The Morgan fingerprint density at radius 3 is 2.70 bits per heavy atom. The second-order valence-corrected chi connectivity index (χ2v) is 6.04. The summed E-state index contributed by atoms with van der Waals surface area (Å²) in [6.07, 6.45) is 1.90. The predicted octanol–water partition coefficient (Wildman–Crippen LogP) is 4.47. The van der Waals surface area contributed by atoms with Gasteiger partial charge in [0.1, 0.15) is 11.5 Å². The Labute approximate surface area is 120 Å². The van der Waals surface area contributed by atoms with Crippen LogP contribution < -0.4 is 10.5 Å². The highest BCUT2D eigenvalue weighted by atomic mass is 16.5. The summed E-state index contributed by atoms with van der Waals surface area (Å²) in [6.45, 7) is 6.57. The lowest BCUT2D eigenvalue weighted by Gasteiger charge is -2.24. The highest BCUT2D eigenvalue weighted by Gasteiger charge is 2.21. The van der Waals surface area contributed by atoms with Crippen molar-refractivity contribution in [1.29, 1.82) is 0 Å². The van der Waals surface area contributed by atoms with Gasteiger partial charge in [0.2, 0.25) is 0 Å². The van der Waals surface area contributed by atoms with Gasteiger partial charge < -0.3 is 10.5 Å². The SMILES string of the molecule is Cc1c(CC(C)C)cc2c(c1N)Cc1ccccc1O2. The molecule has 0 unspecified atom stereocenters. The van der Waals surface area contributed by atoms with Gasteiger partial charge in [-0.05, 0) is 48.1 Å². The van der Waals surface area contributed by atoms with Crippen molar-refractivity contribution >= 4 is 5.69 Å². The standard InChI is InChI=1S/C18H21NO/c1-11(2)8-14-10-17-15(18(19)12(14)3)9-13-6-4-5-7-16(13)20-17/h4-7,10-11H,8-9,19H2,1-3H3. The maximum Gasteiger partial charge on any atom is 0.133 e. The lowest BCUT2D eigenvalue weighted by Crippen LogP contribution is -2.10. The maximum absolute atomic E-state index is 6.36. The third kappa shape index (κ3) is 2.15. The van der Waals surface area contributed by atoms with Gasteiger partial charge in [-0.15, -0.1) is 0 Å². The molecule has 3 rings (SSSR count). The first-order chi connectivity index (χ1) is 9.56. The van der Waals surface area contributed by atoms with Crippen LogP contribution in [0.2, 0.25) is 0 Å². The van der Waals surface area contributed by atoms with E-state index in [1.807, 2.05) is 18.2 Å². The number of nitrogens with two attached hydrogens (primary N) is 1. The number of hydrogen-bond acceptors (Lipinski definition) is 2. The van der Waals surface area contributed by atoms with E-state index in [2.05, 4.69) is 32.9 Å². The molecule has 0 spiro atoms. The molecule has 20 heavy (non-hydrogen) atoms. The summed E-state index contributed by atoms with van der Waals surface area (Å²) in [4.78, 5) is 0. The summed E-state index contributed by atoms with van der Waals surface area (Å²) in [5, 5.41) is 0. The Morgan fingerprint density at radius 1 is 1.20 bits per heavy atom. The average Bonchev–Trinajstić information content (AvgIpc) is 2.42. The predicted molar refractivity (Wildman–Crippen MR) is 83.5 cm³/mol. The summed E-state index contributed by atoms with van der Waals surface area (Å²) >= 11 is 0. The van der Waals surface area contributed by atoms with Gasteiger partial charge in [-0.3, -0.25) is 0 Å². The van der Waals surface area contributed by atoms with Gasteiger partial charge in [0.15, 0.2) is 0 Å². The van der Waals surface area contributed by atoms with E-state index in [0.29, 0.717) is 5.92 Å². The second kappa shape index (κ2) is 4.86. The monoisotopic (exact) mass is 267 g/mol. The fraction of sp³-hybridized carbons (Fsp3) is 0.333. The van der Waals surface area contributed by atoms with Crippen molar-refractivity contribution in [2.45, 2.75) is 33.6 Å². The van der Waals surface area contributed by atoms with E-state index in [-0.39, 0.29) is 0 Å². The van der Waals surface area contributed by atoms with Crippen LogP contribution in [0, 0.1) is 12.8 Å². The second-order valence-electron chi connectivity index (χ2n) is 6.04. The Kier molecular flexibility index (Phi) is 3.17. The third-order valence-electron chi connectivity index (χ3n) is 4.00. The van der Waals surface area contributed by atoms with Crippen LogP contribution in [-0.4, -0.2) is 0 Å². The van der Waals surface area contributed by atoms with Crippen molar-refractivity contribution < 1.29 is 4.74 Å². The lowest BCUT2D eigenvalue weighted by molar-refractivity contribution is 0.459. The van der Waals surface area contributed by atoms with Crippen LogP contribution in [0.5, 0.6) is 11.5 Å². The molecule has 1 aliphatic rings. The molecule has 2 N–H and O–H groups in total. The fourth-order valence-electron chi connectivity index (χ4n) is 2.87. The van der Waals surface area contributed by atoms with E-state index >= 15 is 0 Å². The molecule has 0 amide bonds. The molecule has 104 valence electrons. The molecular formula is C18H21NO. The van der Waals surface area contributed by atoms with Crippen LogP contribution in [0.25, 0.3) is 0 Å². The van der Waals surface area contributed by atoms with Crippen molar-refractivity contribution in [3.8, 4) is 11.5 Å². The summed E-state index contributed by atoms with van der Waals surface area (Å²) in [5.74, 6) is 2.50. The van der Waals surface area contributed by atoms with E-state index in [1.165, 1.54) is 16.7 Å². The van der Waals surface area contributed by atoms with Gasteiger partial charge in [0.05, 0.1) is 0 Å². The van der Waals surface area contributed by atoms with Gasteiger partial charge in [0, 0.05) is 17.7 Å².